The van der Waals surface area contributed by atoms with Crippen LogP contribution >= 0.6 is 0 Å². The maximum Gasteiger partial charge on any atom is 0.335 e. The lowest BCUT2D eigenvalue weighted by molar-refractivity contribution is 0.0697. The number of fused-ring (bicyclic) bond motifs is 1. The number of carboxylic acid groups (broad SMARTS) is 1. The second-order valence-corrected chi connectivity index (χ2v) is 3.87. The molecule has 2 rings (SSSR count). The van der Waals surface area contributed by atoms with E-state index in [9.17, 15) is 4.79 Å². The number of carbonyl (C=O) groups is 1. The third-order valence-corrected chi connectivity index (χ3v) is 2.39. The molecule has 98 valence electrons. The zero-order valence-corrected chi connectivity index (χ0v) is 11.0. The summed E-state index contributed by atoms with van der Waals surface area (Å²) in [4.78, 5) is 10.6. The van der Waals surface area contributed by atoms with Crippen molar-refractivity contribution in [2.24, 2.45) is 0 Å². The van der Waals surface area contributed by atoms with Gasteiger partial charge in [0.2, 0.25) is 0 Å². The van der Waals surface area contributed by atoms with E-state index in [-0.39, 0.29) is 5.56 Å². The Balaban J connectivity index is 0.000000280. The lowest BCUT2D eigenvalue weighted by Gasteiger charge is -1.92. The average Bonchev–Trinajstić information content (AvgIpc) is 2.69. The Morgan fingerprint density at radius 1 is 1.28 bits per heavy atom. The Hall–Kier alpha value is -1.81. The third kappa shape index (κ3) is 3.89. The molecule has 2 aromatic rings. The molecule has 0 saturated heterocycles. The second kappa shape index (κ2) is 6.81. The predicted octanol–water partition coefficient (Wildman–Crippen LogP) is 3.06. The van der Waals surface area contributed by atoms with Crippen LogP contribution in [0, 0.1) is 6.92 Å². The highest BCUT2D eigenvalue weighted by Crippen LogP contribution is 2.19. The Morgan fingerprint density at radius 3 is 2.44 bits per heavy atom. The van der Waals surface area contributed by atoms with Crippen molar-refractivity contribution in [1.82, 2.24) is 5.32 Å². The summed E-state index contributed by atoms with van der Waals surface area (Å²) in [6.45, 7) is 8.22. The Bertz CT molecular complexity index is 515. The highest BCUT2D eigenvalue weighted by Gasteiger charge is 2.05. The first-order chi connectivity index (χ1) is 8.58. The van der Waals surface area contributed by atoms with Gasteiger partial charge in [-0.05, 0) is 44.3 Å². The minimum Gasteiger partial charge on any atom is -0.478 e. The normalized spacial score (nSPS) is 9.94. The van der Waals surface area contributed by atoms with E-state index in [0.717, 1.165) is 29.8 Å². The number of rotatable bonds is 3. The summed E-state index contributed by atoms with van der Waals surface area (Å²) in [6.07, 6.45) is 0. The zero-order valence-electron chi connectivity index (χ0n) is 11.0. The smallest absolute Gasteiger partial charge is 0.335 e. The highest BCUT2D eigenvalue weighted by molar-refractivity contribution is 5.93. The molecule has 0 fully saturated rings. The van der Waals surface area contributed by atoms with Crippen molar-refractivity contribution in [3.63, 3.8) is 0 Å². The van der Waals surface area contributed by atoms with Gasteiger partial charge < -0.3 is 14.8 Å². The maximum absolute atomic E-state index is 10.6. The van der Waals surface area contributed by atoms with Gasteiger partial charge in [-0.2, -0.15) is 0 Å². The van der Waals surface area contributed by atoms with Gasteiger partial charge in [-0.15, -0.1) is 0 Å². The largest absolute Gasteiger partial charge is 0.478 e. The van der Waals surface area contributed by atoms with E-state index in [1.54, 1.807) is 12.1 Å². The van der Waals surface area contributed by atoms with Gasteiger partial charge >= 0.3 is 5.97 Å². The van der Waals surface area contributed by atoms with E-state index in [1.807, 2.05) is 13.0 Å². The first-order valence-corrected chi connectivity index (χ1v) is 6.02. The maximum atomic E-state index is 10.6. The zero-order chi connectivity index (χ0) is 13.5. The lowest BCUT2D eigenvalue weighted by Crippen LogP contribution is -2.09. The Labute approximate surface area is 107 Å². The van der Waals surface area contributed by atoms with Crippen LogP contribution in [0.25, 0.3) is 11.0 Å². The van der Waals surface area contributed by atoms with Crippen LogP contribution in [0.5, 0.6) is 0 Å². The van der Waals surface area contributed by atoms with Crippen LogP contribution in [0.3, 0.4) is 0 Å². The fraction of sp³-hybridized carbons (Fsp3) is 0.357. The van der Waals surface area contributed by atoms with Crippen molar-refractivity contribution >= 4 is 16.9 Å². The third-order valence-electron chi connectivity index (χ3n) is 2.39. The number of aromatic carboxylic acids is 1. The molecular weight excluding hydrogens is 230 g/mol. The van der Waals surface area contributed by atoms with E-state index < -0.39 is 5.97 Å². The number of hydrogen-bond acceptors (Lipinski definition) is 3. The van der Waals surface area contributed by atoms with Gasteiger partial charge in [-0.1, -0.05) is 13.8 Å². The van der Waals surface area contributed by atoms with Crippen LogP contribution in [0.15, 0.2) is 28.7 Å². The first-order valence-electron chi connectivity index (χ1n) is 6.02. The summed E-state index contributed by atoms with van der Waals surface area (Å²) in [5.41, 5.74) is 1.01. The van der Waals surface area contributed by atoms with Crippen molar-refractivity contribution in [2.45, 2.75) is 20.8 Å². The number of benzene rings is 1. The SMILES string of the molecule is CCNCC.Cc1cc2cc(C(=O)O)ccc2o1. The van der Waals surface area contributed by atoms with Crippen molar-refractivity contribution < 1.29 is 14.3 Å². The van der Waals surface area contributed by atoms with Gasteiger partial charge in [0.05, 0.1) is 5.56 Å². The summed E-state index contributed by atoms with van der Waals surface area (Å²) in [6, 6.07) is 6.63. The van der Waals surface area contributed by atoms with Crippen LogP contribution in [-0.2, 0) is 0 Å². The fourth-order valence-electron chi connectivity index (χ4n) is 1.56. The van der Waals surface area contributed by atoms with E-state index >= 15 is 0 Å². The van der Waals surface area contributed by atoms with Crippen molar-refractivity contribution in [2.75, 3.05) is 13.1 Å². The molecule has 0 aliphatic carbocycles. The molecule has 18 heavy (non-hydrogen) atoms. The van der Waals surface area contributed by atoms with Gasteiger partial charge in [-0.3, -0.25) is 0 Å². The molecule has 1 heterocycles. The number of carboxylic acids is 1. The molecule has 1 aromatic carbocycles. The first kappa shape index (κ1) is 14.3. The standard InChI is InChI=1S/C10H8O3.C4H11N/c1-6-4-8-5-7(10(11)12)2-3-9(8)13-6;1-3-5-4-2/h2-5H,1H3,(H,11,12);5H,3-4H2,1-2H3. The molecule has 0 radical (unpaired) electrons. The summed E-state index contributed by atoms with van der Waals surface area (Å²) in [7, 11) is 0. The van der Waals surface area contributed by atoms with E-state index in [1.165, 1.54) is 6.07 Å². The lowest BCUT2D eigenvalue weighted by atomic mass is 10.1. The van der Waals surface area contributed by atoms with Gasteiger partial charge in [-0.25, -0.2) is 4.79 Å². The molecule has 0 saturated carbocycles. The molecule has 0 amide bonds. The van der Waals surface area contributed by atoms with Crippen molar-refractivity contribution in [3.8, 4) is 0 Å². The van der Waals surface area contributed by atoms with E-state index in [0.29, 0.717) is 0 Å². The molecule has 0 bridgehead atoms. The van der Waals surface area contributed by atoms with Gasteiger partial charge in [0.1, 0.15) is 11.3 Å². The topological polar surface area (TPSA) is 62.5 Å². The molecule has 0 spiro atoms. The molecule has 0 aliphatic heterocycles. The Kier molecular flexibility index (Phi) is 5.39. The minimum absolute atomic E-state index is 0.285. The molecule has 4 heteroatoms. The average molecular weight is 249 g/mol. The van der Waals surface area contributed by atoms with Crippen LogP contribution in [0.1, 0.15) is 30.0 Å². The summed E-state index contributed by atoms with van der Waals surface area (Å²) in [5, 5.41) is 12.7. The Morgan fingerprint density at radius 2 is 1.94 bits per heavy atom. The van der Waals surface area contributed by atoms with Crippen molar-refractivity contribution in [1.29, 1.82) is 0 Å². The highest BCUT2D eigenvalue weighted by atomic mass is 16.4. The monoisotopic (exact) mass is 249 g/mol. The van der Waals surface area contributed by atoms with Gasteiger partial charge in [0, 0.05) is 5.39 Å². The molecular formula is C14H19NO3. The van der Waals surface area contributed by atoms with Crippen molar-refractivity contribution in [3.05, 3.63) is 35.6 Å². The number of furan rings is 1. The fourth-order valence-corrected chi connectivity index (χ4v) is 1.56. The molecule has 2 N–H and O–H groups in total. The minimum atomic E-state index is -0.916. The summed E-state index contributed by atoms with van der Waals surface area (Å²) >= 11 is 0. The van der Waals surface area contributed by atoms with E-state index in [2.05, 4.69) is 19.2 Å². The molecule has 0 aliphatic rings. The van der Waals surface area contributed by atoms with Gasteiger partial charge in [0.15, 0.2) is 0 Å². The predicted molar refractivity (Wildman–Crippen MR) is 72.1 cm³/mol. The second-order valence-electron chi connectivity index (χ2n) is 3.87. The quantitative estimate of drug-likeness (QED) is 0.877. The number of nitrogens with one attached hydrogen (secondary N) is 1. The molecule has 1 aromatic heterocycles. The number of aryl methyl sites for hydroxylation is 1. The number of hydrogen-bond donors (Lipinski definition) is 2. The van der Waals surface area contributed by atoms with Crippen LogP contribution in [0.2, 0.25) is 0 Å². The van der Waals surface area contributed by atoms with Gasteiger partial charge in [0.25, 0.3) is 0 Å². The van der Waals surface area contributed by atoms with Crippen LogP contribution < -0.4 is 5.32 Å². The van der Waals surface area contributed by atoms with E-state index in [4.69, 9.17) is 9.52 Å². The van der Waals surface area contributed by atoms with Crippen LogP contribution in [-0.4, -0.2) is 24.2 Å². The van der Waals surface area contributed by atoms with Crippen LogP contribution in [0.4, 0.5) is 0 Å². The molecule has 4 nitrogen and oxygen atoms in total. The molecule has 0 unspecified atom stereocenters. The molecule has 0 atom stereocenters. The summed E-state index contributed by atoms with van der Waals surface area (Å²) < 4.78 is 5.31. The summed E-state index contributed by atoms with van der Waals surface area (Å²) in [5.74, 6) is -0.127.